The van der Waals surface area contributed by atoms with E-state index >= 15 is 0 Å². The van der Waals surface area contributed by atoms with E-state index in [-0.39, 0.29) is 44.0 Å². The van der Waals surface area contributed by atoms with Crippen LogP contribution in [0.15, 0.2) is 96.6 Å². The fourth-order valence-corrected chi connectivity index (χ4v) is 6.73. The molecule has 0 saturated carbocycles. The second-order valence-corrected chi connectivity index (χ2v) is 12.9. The zero-order valence-corrected chi connectivity index (χ0v) is 26.1. The highest BCUT2D eigenvalue weighted by Gasteiger charge is 2.48. The monoisotopic (exact) mass is 627 g/mol. The number of allylic oxidation sites excluding steroid dienone is 1. The molecule has 3 aromatic carbocycles. The maximum Gasteiger partial charge on any atom is 0.321 e. The number of aliphatic hydroxyl groups is 2. The van der Waals surface area contributed by atoms with Crippen LogP contribution in [0.3, 0.4) is 0 Å². The number of carboxylic acid groups (broad SMARTS) is 1. The minimum absolute atomic E-state index is 0.0424. The van der Waals surface area contributed by atoms with Crippen molar-refractivity contribution in [3.63, 3.8) is 0 Å². The Balaban J connectivity index is 1.59. The molecule has 10 nitrogen and oxygen atoms in total. The van der Waals surface area contributed by atoms with Gasteiger partial charge < -0.3 is 25.1 Å². The van der Waals surface area contributed by atoms with Crippen molar-refractivity contribution in [3.8, 4) is 0 Å². The van der Waals surface area contributed by atoms with Crippen molar-refractivity contribution < 1.29 is 29.8 Å². The Labute approximate surface area is 268 Å². The summed E-state index contributed by atoms with van der Waals surface area (Å²) in [7, 11) is 0. The van der Waals surface area contributed by atoms with Crippen molar-refractivity contribution in [1.82, 2.24) is 9.80 Å². The van der Waals surface area contributed by atoms with Crippen molar-refractivity contribution in [2.75, 3.05) is 6.54 Å². The van der Waals surface area contributed by atoms with E-state index in [4.69, 9.17) is 0 Å². The van der Waals surface area contributed by atoms with Crippen LogP contribution in [0.4, 0.5) is 10.5 Å². The van der Waals surface area contributed by atoms with E-state index in [0.29, 0.717) is 12.0 Å². The summed E-state index contributed by atoms with van der Waals surface area (Å²) in [5.74, 6) is -1.01. The van der Waals surface area contributed by atoms with Gasteiger partial charge in [-0.25, -0.2) is 4.79 Å². The van der Waals surface area contributed by atoms with E-state index in [1.165, 1.54) is 17.0 Å². The Kier molecular flexibility index (Phi) is 9.88. The molecule has 10 heteroatoms. The number of rotatable bonds is 10. The SMILES string of the molecule is CC1CC=C(CN2C(=O)N(Cc3cccc([N+](=O)[O-])c3)[C@H](Cc3ccccc3)[C@H](O)[C@@H](O)[C@H]2Cc2ccccc2)CC1(C)C(=O)O. The quantitative estimate of drug-likeness (QED) is 0.159. The van der Waals surface area contributed by atoms with Crippen LogP contribution < -0.4 is 0 Å². The number of nitrogens with zero attached hydrogens (tertiary/aromatic N) is 3. The molecule has 2 aliphatic rings. The van der Waals surface area contributed by atoms with Gasteiger partial charge in [-0.05, 0) is 55.2 Å². The van der Waals surface area contributed by atoms with Gasteiger partial charge in [0.05, 0.1) is 22.4 Å². The molecule has 0 radical (unpaired) electrons. The molecule has 6 atom stereocenters. The summed E-state index contributed by atoms with van der Waals surface area (Å²) in [5, 5.41) is 45.5. The third-order valence-electron chi connectivity index (χ3n) is 9.78. The van der Waals surface area contributed by atoms with Crippen molar-refractivity contribution in [2.24, 2.45) is 11.3 Å². The molecule has 3 N–H and O–H groups in total. The number of benzene rings is 3. The predicted octanol–water partition coefficient (Wildman–Crippen LogP) is 5.22. The number of aliphatic hydroxyl groups excluding tert-OH is 2. The fraction of sp³-hybridized carbons (Fsp3) is 0.389. The van der Waals surface area contributed by atoms with Gasteiger partial charge >= 0.3 is 12.0 Å². The Morgan fingerprint density at radius 3 is 1.91 bits per heavy atom. The molecule has 1 fully saturated rings. The summed E-state index contributed by atoms with van der Waals surface area (Å²) in [6.07, 6.45) is 0.553. The maximum atomic E-state index is 14.8. The van der Waals surface area contributed by atoms with E-state index in [0.717, 1.165) is 16.7 Å². The van der Waals surface area contributed by atoms with E-state index in [1.54, 1.807) is 24.0 Å². The first-order valence-electron chi connectivity index (χ1n) is 15.6. The van der Waals surface area contributed by atoms with Gasteiger partial charge in [0, 0.05) is 25.2 Å². The highest BCUT2D eigenvalue weighted by Crippen LogP contribution is 2.42. The zero-order chi connectivity index (χ0) is 33.0. The number of carbonyl (C=O) groups excluding carboxylic acids is 1. The Hall–Kier alpha value is -4.54. The topological polar surface area (TPSA) is 144 Å². The molecule has 1 saturated heterocycles. The lowest BCUT2D eigenvalue weighted by atomic mass is 9.68. The summed E-state index contributed by atoms with van der Waals surface area (Å²) in [6.45, 7) is 3.66. The largest absolute Gasteiger partial charge is 0.481 e. The minimum Gasteiger partial charge on any atom is -0.481 e. The minimum atomic E-state index is -1.36. The fourth-order valence-electron chi connectivity index (χ4n) is 6.73. The van der Waals surface area contributed by atoms with Crippen LogP contribution in [0, 0.1) is 21.4 Å². The lowest BCUT2D eigenvalue weighted by Gasteiger charge is -2.40. The highest BCUT2D eigenvalue weighted by molar-refractivity contribution is 5.77. The molecule has 0 bridgehead atoms. The molecule has 0 aromatic heterocycles. The van der Waals surface area contributed by atoms with Crippen molar-refractivity contribution in [2.45, 2.75) is 70.4 Å². The van der Waals surface area contributed by atoms with Crippen LogP contribution in [-0.4, -0.2) is 72.9 Å². The number of hydrogen-bond acceptors (Lipinski definition) is 6. The first kappa shape index (κ1) is 32.8. The average molecular weight is 628 g/mol. The summed E-state index contributed by atoms with van der Waals surface area (Å²) < 4.78 is 0. The second-order valence-electron chi connectivity index (χ2n) is 12.9. The number of carbonyl (C=O) groups is 2. The maximum absolute atomic E-state index is 14.8. The molecule has 1 aliphatic carbocycles. The van der Waals surface area contributed by atoms with Crippen LogP contribution in [0.25, 0.3) is 0 Å². The normalized spacial score (nSPS) is 26.7. The molecule has 5 rings (SSSR count). The summed E-state index contributed by atoms with van der Waals surface area (Å²) in [6, 6.07) is 22.7. The van der Waals surface area contributed by atoms with Gasteiger partial charge in [-0.3, -0.25) is 14.9 Å². The van der Waals surface area contributed by atoms with E-state index < -0.39 is 46.6 Å². The number of hydrogen-bond donors (Lipinski definition) is 3. The van der Waals surface area contributed by atoms with E-state index in [1.807, 2.05) is 73.7 Å². The lowest BCUT2D eigenvalue weighted by molar-refractivity contribution is -0.384. The highest BCUT2D eigenvalue weighted by atomic mass is 16.6. The van der Waals surface area contributed by atoms with Crippen LogP contribution in [-0.2, 0) is 24.2 Å². The van der Waals surface area contributed by atoms with Gasteiger partial charge in [0.25, 0.3) is 5.69 Å². The first-order chi connectivity index (χ1) is 22.0. The van der Waals surface area contributed by atoms with Gasteiger partial charge in [0.15, 0.2) is 0 Å². The van der Waals surface area contributed by atoms with Crippen LogP contribution >= 0.6 is 0 Å². The molecule has 2 unspecified atom stereocenters. The zero-order valence-electron chi connectivity index (χ0n) is 26.1. The first-order valence-corrected chi connectivity index (χ1v) is 15.6. The number of nitro benzene ring substituents is 1. The van der Waals surface area contributed by atoms with Gasteiger partial charge in [0.1, 0.15) is 12.2 Å². The molecule has 1 aliphatic heterocycles. The predicted molar refractivity (Wildman–Crippen MR) is 173 cm³/mol. The van der Waals surface area contributed by atoms with Gasteiger partial charge in [-0.1, -0.05) is 91.4 Å². The summed E-state index contributed by atoms with van der Waals surface area (Å²) in [5.41, 5.74) is 1.86. The molecule has 3 aromatic rings. The average Bonchev–Trinajstić information content (AvgIpc) is 3.11. The number of non-ortho nitro benzene ring substituents is 1. The van der Waals surface area contributed by atoms with Crippen LogP contribution in [0.1, 0.15) is 43.4 Å². The van der Waals surface area contributed by atoms with Gasteiger partial charge in [-0.15, -0.1) is 0 Å². The molecule has 1 heterocycles. The standard InChI is InChI=1S/C36H41N3O7/c1-24-16-17-28(21-36(24,2)34(42)43)23-38-31(20-26-12-7-4-8-13-26)33(41)32(40)30(19-25-10-5-3-6-11-25)37(35(38)44)22-27-14-9-15-29(18-27)39(45)46/h3-15,17-18,24,30-33,40-41H,16,19-23H2,1-2H3,(H,42,43)/t24?,30-,31-,32+,33+,36?/m1/s1. The van der Waals surface area contributed by atoms with Crippen molar-refractivity contribution >= 4 is 17.7 Å². The molecule has 0 spiro atoms. The Morgan fingerprint density at radius 1 is 0.870 bits per heavy atom. The van der Waals surface area contributed by atoms with Crippen molar-refractivity contribution in [1.29, 1.82) is 0 Å². The number of amides is 2. The summed E-state index contributed by atoms with van der Waals surface area (Å²) >= 11 is 0. The van der Waals surface area contributed by atoms with E-state index in [2.05, 4.69) is 0 Å². The number of nitro groups is 1. The van der Waals surface area contributed by atoms with Gasteiger partial charge in [-0.2, -0.15) is 0 Å². The van der Waals surface area contributed by atoms with Gasteiger partial charge in [0.2, 0.25) is 0 Å². The third-order valence-corrected chi connectivity index (χ3v) is 9.78. The smallest absolute Gasteiger partial charge is 0.321 e. The Bertz CT molecular complexity index is 1580. The second kappa shape index (κ2) is 13.8. The van der Waals surface area contributed by atoms with E-state index in [9.17, 15) is 35.0 Å². The van der Waals surface area contributed by atoms with Crippen LogP contribution in [0.5, 0.6) is 0 Å². The third kappa shape index (κ3) is 6.98. The lowest BCUT2D eigenvalue weighted by Crippen LogP contribution is -2.52. The van der Waals surface area contributed by atoms with Crippen molar-refractivity contribution in [3.05, 3.63) is 123 Å². The molecular weight excluding hydrogens is 586 g/mol. The number of carboxylic acids is 1. The van der Waals surface area contributed by atoms with Crippen LogP contribution in [0.2, 0.25) is 0 Å². The molecule has 2 amide bonds. The Morgan fingerprint density at radius 2 is 1.39 bits per heavy atom. The molecule has 242 valence electrons. The number of urea groups is 1. The molecular formula is C36H41N3O7. The summed E-state index contributed by atoms with van der Waals surface area (Å²) in [4.78, 5) is 41.4. The molecule has 46 heavy (non-hydrogen) atoms. The number of aliphatic carboxylic acids is 1.